The van der Waals surface area contributed by atoms with Gasteiger partial charge in [-0.3, -0.25) is 4.79 Å². The van der Waals surface area contributed by atoms with E-state index in [4.69, 9.17) is 5.73 Å². The van der Waals surface area contributed by atoms with Crippen LogP contribution in [-0.4, -0.2) is 49.9 Å². The highest BCUT2D eigenvalue weighted by molar-refractivity contribution is 7.92. The molecule has 1 fully saturated rings. The van der Waals surface area contributed by atoms with E-state index in [0.29, 0.717) is 38.9 Å². The number of hydrogen-bond donors (Lipinski definition) is 1. The Morgan fingerprint density at radius 3 is 2.65 bits per heavy atom. The summed E-state index contributed by atoms with van der Waals surface area (Å²) in [6.45, 7) is 3.48. The molecule has 17 heavy (non-hydrogen) atoms. The van der Waals surface area contributed by atoms with Crippen LogP contribution in [0, 0.1) is 0 Å². The van der Waals surface area contributed by atoms with Crippen LogP contribution in [0.5, 0.6) is 0 Å². The van der Waals surface area contributed by atoms with Crippen molar-refractivity contribution in [3.05, 3.63) is 0 Å². The molecule has 1 rings (SSSR count). The van der Waals surface area contributed by atoms with E-state index >= 15 is 0 Å². The first-order chi connectivity index (χ1) is 8.03. The van der Waals surface area contributed by atoms with Crippen LogP contribution < -0.4 is 5.73 Å². The summed E-state index contributed by atoms with van der Waals surface area (Å²) in [5.41, 5.74) is 5.41. The maximum Gasteiger partial charge on any atom is 0.240 e. The van der Waals surface area contributed by atoms with Crippen molar-refractivity contribution in [2.24, 2.45) is 5.73 Å². The molecule has 100 valence electrons. The fourth-order valence-electron chi connectivity index (χ4n) is 2.14. The maximum absolute atomic E-state index is 12.2. The number of carbonyl (C=O) groups excluding carboxylic acids is 1. The molecule has 1 unspecified atom stereocenters. The average Bonchev–Trinajstić information content (AvgIpc) is 2.29. The van der Waals surface area contributed by atoms with E-state index in [1.54, 1.807) is 4.90 Å². The monoisotopic (exact) mass is 262 g/mol. The Kier molecular flexibility index (Phi) is 5.39. The van der Waals surface area contributed by atoms with E-state index in [0.717, 1.165) is 6.42 Å². The summed E-state index contributed by atoms with van der Waals surface area (Å²) < 4.78 is 23.7. The number of rotatable bonds is 5. The molecule has 2 N–H and O–H groups in total. The van der Waals surface area contributed by atoms with Gasteiger partial charge in [-0.15, -0.1) is 0 Å². The Morgan fingerprint density at radius 2 is 2.12 bits per heavy atom. The number of sulfone groups is 1. The van der Waals surface area contributed by atoms with Gasteiger partial charge in [0.2, 0.25) is 5.91 Å². The zero-order chi connectivity index (χ0) is 12.9. The van der Waals surface area contributed by atoms with Crippen molar-refractivity contribution in [2.45, 2.75) is 37.9 Å². The molecule has 1 heterocycles. The second kappa shape index (κ2) is 6.35. The number of nitrogens with zero attached hydrogens (tertiary/aromatic N) is 1. The Balaban J connectivity index is 2.72. The molecule has 1 saturated heterocycles. The molecular weight excluding hydrogens is 240 g/mol. The standard InChI is InChI=1S/C11H22N2O3S/c1-2-13(8-5-7-12)11(14)10-6-3-4-9-17(10,15)16/h10H,2-9,12H2,1H3. The molecule has 0 aromatic heterocycles. The van der Waals surface area contributed by atoms with Gasteiger partial charge in [0.05, 0.1) is 5.75 Å². The van der Waals surface area contributed by atoms with Crippen LogP contribution in [0.25, 0.3) is 0 Å². The largest absolute Gasteiger partial charge is 0.342 e. The lowest BCUT2D eigenvalue weighted by Gasteiger charge is -2.28. The van der Waals surface area contributed by atoms with Gasteiger partial charge in [0.15, 0.2) is 9.84 Å². The Bertz CT molecular complexity index is 354. The van der Waals surface area contributed by atoms with Gasteiger partial charge in [0.1, 0.15) is 5.25 Å². The van der Waals surface area contributed by atoms with E-state index in [9.17, 15) is 13.2 Å². The number of hydrogen-bond acceptors (Lipinski definition) is 4. The van der Waals surface area contributed by atoms with Crippen molar-refractivity contribution in [3.63, 3.8) is 0 Å². The quantitative estimate of drug-likeness (QED) is 0.765. The summed E-state index contributed by atoms with van der Waals surface area (Å²) in [6.07, 6.45) is 2.69. The van der Waals surface area contributed by atoms with Crippen LogP contribution in [0.2, 0.25) is 0 Å². The highest BCUT2D eigenvalue weighted by Crippen LogP contribution is 2.21. The third kappa shape index (κ3) is 3.67. The van der Waals surface area contributed by atoms with Gasteiger partial charge in [-0.2, -0.15) is 0 Å². The van der Waals surface area contributed by atoms with Crippen molar-refractivity contribution in [3.8, 4) is 0 Å². The van der Waals surface area contributed by atoms with Gasteiger partial charge in [-0.1, -0.05) is 6.42 Å². The highest BCUT2D eigenvalue weighted by atomic mass is 32.2. The lowest BCUT2D eigenvalue weighted by atomic mass is 10.1. The molecule has 0 aromatic carbocycles. The van der Waals surface area contributed by atoms with Gasteiger partial charge in [0.25, 0.3) is 0 Å². The predicted octanol–water partition coefficient (Wildman–Crippen LogP) is 0.151. The maximum atomic E-state index is 12.2. The molecule has 0 bridgehead atoms. The number of amides is 1. The SMILES string of the molecule is CCN(CCCN)C(=O)C1CCCCS1(=O)=O. The average molecular weight is 262 g/mol. The molecule has 1 amide bonds. The third-order valence-electron chi connectivity index (χ3n) is 3.18. The zero-order valence-corrected chi connectivity index (χ0v) is 11.2. The summed E-state index contributed by atoms with van der Waals surface area (Å²) in [4.78, 5) is 13.8. The van der Waals surface area contributed by atoms with Gasteiger partial charge in [0, 0.05) is 13.1 Å². The lowest BCUT2D eigenvalue weighted by molar-refractivity contribution is -0.130. The fraction of sp³-hybridized carbons (Fsp3) is 0.909. The molecule has 0 aromatic rings. The van der Waals surface area contributed by atoms with Gasteiger partial charge in [-0.25, -0.2) is 8.42 Å². The van der Waals surface area contributed by atoms with Gasteiger partial charge >= 0.3 is 0 Å². The van der Waals surface area contributed by atoms with Gasteiger partial charge < -0.3 is 10.6 Å². The summed E-state index contributed by atoms with van der Waals surface area (Å²) in [6, 6.07) is 0. The summed E-state index contributed by atoms with van der Waals surface area (Å²) in [5.74, 6) is -0.0849. The third-order valence-corrected chi connectivity index (χ3v) is 5.34. The summed E-state index contributed by atoms with van der Waals surface area (Å²) in [5, 5.41) is -0.811. The van der Waals surface area contributed by atoms with Gasteiger partial charge in [-0.05, 0) is 32.7 Å². The first kappa shape index (κ1) is 14.4. The van der Waals surface area contributed by atoms with Crippen LogP contribution in [0.15, 0.2) is 0 Å². The summed E-state index contributed by atoms with van der Waals surface area (Å²) >= 11 is 0. The van der Waals surface area contributed by atoms with E-state index in [1.165, 1.54) is 0 Å². The molecule has 1 atom stereocenters. The van der Waals surface area contributed by atoms with E-state index in [2.05, 4.69) is 0 Å². The molecule has 0 aliphatic carbocycles. The Labute approximate surface area is 103 Å². The zero-order valence-electron chi connectivity index (χ0n) is 10.4. The molecule has 5 nitrogen and oxygen atoms in total. The molecule has 6 heteroatoms. The first-order valence-electron chi connectivity index (χ1n) is 6.23. The van der Waals surface area contributed by atoms with E-state index < -0.39 is 15.1 Å². The molecule has 1 aliphatic heterocycles. The Hall–Kier alpha value is -0.620. The first-order valence-corrected chi connectivity index (χ1v) is 7.95. The van der Waals surface area contributed by atoms with E-state index in [1.807, 2.05) is 6.92 Å². The minimum Gasteiger partial charge on any atom is -0.342 e. The molecule has 0 radical (unpaired) electrons. The van der Waals surface area contributed by atoms with Crippen molar-refractivity contribution in [1.29, 1.82) is 0 Å². The predicted molar refractivity (Wildman–Crippen MR) is 67.4 cm³/mol. The Morgan fingerprint density at radius 1 is 1.41 bits per heavy atom. The number of carbonyl (C=O) groups is 1. The van der Waals surface area contributed by atoms with Crippen molar-refractivity contribution in [1.82, 2.24) is 4.90 Å². The summed E-state index contributed by atoms with van der Waals surface area (Å²) in [7, 11) is -3.23. The minimum absolute atomic E-state index is 0.151. The fourth-order valence-corrected chi connectivity index (χ4v) is 4.01. The van der Waals surface area contributed by atoms with Crippen LogP contribution in [0.4, 0.5) is 0 Å². The molecule has 1 aliphatic rings. The van der Waals surface area contributed by atoms with E-state index in [-0.39, 0.29) is 11.7 Å². The van der Waals surface area contributed by atoms with Crippen LogP contribution in [0.1, 0.15) is 32.6 Å². The molecular formula is C11H22N2O3S. The van der Waals surface area contributed by atoms with Crippen LogP contribution >= 0.6 is 0 Å². The minimum atomic E-state index is -3.23. The normalized spacial score (nSPS) is 23.3. The van der Waals surface area contributed by atoms with Crippen molar-refractivity contribution < 1.29 is 13.2 Å². The van der Waals surface area contributed by atoms with Crippen LogP contribution in [0.3, 0.4) is 0 Å². The van der Waals surface area contributed by atoms with Crippen molar-refractivity contribution >= 4 is 15.7 Å². The molecule has 0 spiro atoms. The van der Waals surface area contributed by atoms with Crippen LogP contribution in [-0.2, 0) is 14.6 Å². The number of nitrogens with two attached hydrogens (primary N) is 1. The lowest BCUT2D eigenvalue weighted by Crippen LogP contribution is -2.45. The smallest absolute Gasteiger partial charge is 0.240 e. The second-order valence-electron chi connectivity index (χ2n) is 4.41. The second-order valence-corrected chi connectivity index (χ2v) is 6.71. The van der Waals surface area contributed by atoms with Crippen molar-refractivity contribution in [2.75, 3.05) is 25.4 Å². The topological polar surface area (TPSA) is 80.5 Å². The highest BCUT2D eigenvalue weighted by Gasteiger charge is 2.36. The molecule has 0 saturated carbocycles.